The predicted octanol–water partition coefficient (Wildman–Crippen LogP) is -0.587. The molecule has 0 atom stereocenters. The molecule has 1 aromatic rings. The Morgan fingerprint density at radius 1 is 1.53 bits per heavy atom. The van der Waals surface area contributed by atoms with Crippen molar-refractivity contribution in [3.63, 3.8) is 0 Å². The molecule has 0 saturated carbocycles. The number of nitrogens with one attached hydrogen (secondary N) is 1. The summed E-state index contributed by atoms with van der Waals surface area (Å²) < 4.78 is 21.2. The first-order valence-electron chi connectivity index (χ1n) is 3.91. The van der Waals surface area contributed by atoms with Gasteiger partial charge in [0.15, 0.2) is 5.82 Å². The first-order valence-corrected chi connectivity index (χ1v) is 6.00. The molecule has 0 aliphatic rings. The van der Waals surface area contributed by atoms with Crippen LogP contribution in [0.15, 0.2) is 6.20 Å². The lowest BCUT2D eigenvalue weighted by Crippen LogP contribution is -2.23. The summed E-state index contributed by atoms with van der Waals surface area (Å²) in [6.07, 6.45) is 1.33. The summed E-state index contributed by atoms with van der Waals surface area (Å²) in [6, 6.07) is 0. The Bertz CT molecular complexity index is 449. The SMILES string of the molecule is Nc1cnc(Cl)nc1NCCS(N)(=O)=O. The van der Waals surface area contributed by atoms with Gasteiger partial charge in [0, 0.05) is 6.54 Å². The number of nitrogens with two attached hydrogens (primary N) is 2. The second kappa shape index (κ2) is 4.60. The van der Waals surface area contributed by atoms with Crippen molar-refractivity contribution < 1.29 is 8.42 Å². The minimum atomic E-state index is -3.50. The summed E-state index contributed by atoms with van der Waals surface area (Å²) in [5, 5.41) is 7.53. The molecule has 0 unspecified atom stereocenters. The van der Waals surface area contributed by atoms with Crippen LogP contribution < -0.4 is 16.2 Å². The standard InChI is InChI=1S/C6H10ClN5O2S/c7-6-11-3-4(8)5(12-6)10-1-2-15(9,13)14/h3H,1-2,8H2,(H2,9,13,14)(H,10,11,12). The molecule has 0 bridgehead atoms. The molecule has 9 heteroatoms. The maximum absolute atomic E-state index is 10.6. The van der Waals surface area contributed by atoms with E-state index in [1.165, 1.54) is 6.20 Å². The van der Waals surface area contributed by atoms with E-state index in [0.29, 0.717) is 5.82 Å². The van der Waals surface area contributed by atoms with E-state index in [4.69, 9.17) is 22.5 Å². The summed E-state index contributed by atoms with van der Waals surface area (Å²) in [4.78, 5) is 7.42. The predicted molar refractivity (Wildman–Crippen MR) is 57.9 cm³/mol. The number of hydrogen-bond acceptors (Lipinski definition) is 6. The van der Waals surface area contributed by atoms with E-state index in [9.17, 15) is 8.42 Å². The zero-order valence-corrected chi connectivity index (χ0v) is 9.22. The van der Waals surface area contributed by atoms with Gasteiger partial charge >= 0.3 is 0 Å². The number of sulfonamides is 1. The molecule has 0 aliphatic carbocycles. The smallest absolute Gasteiger partial charge is 0.224 e. The van der Waals surface area contributed by atoms with Crippen molar-refractivity contribution in [2.75, 3.05) is 23.3 Å². The van der Waals surface area contributed by atoms with Crippen LogP contribution in [0.25, 0.3) is 0 Å². The second-order valence-corrected chi connectivity index (χ2v) is 4.81. The highest BCUT2D eigenvalue weighted by molar-refractivity contribution is 7.89. The van der Waals surface area contributed by atoms with Crippen LogP contribution in [0.3, 0.4) is 0 Å². The van der Waals surface area contributed by atoms with Gasteiger partial charge in [0.1, 0.15) is 0 Å². The lowest BCUT2D eigenvalue weighted by atomic mass is 10.5. The van der Waals surface area contributed by atoms with Gasteiger partial charge in [0.25, 0.3) is 0 Å². The zero-order chi connectivity index (χ0) is 11.5. The summed E-state index contributed by atoms with van der Waals surface area (Å²) in [6.45, 7) is 0.108. The molecule has 5 N–H and O–H groups in total. The summed E-state index contributed by atoms with van der Waals surface area (Å²) in [7, 11) is -3.50. The van der Waals surface area contributed by atoms with Crippen LogP contribution in [-0.4, -0.2) is 30.7 Å². The first-order chi connectivity index (χ1) is 6.88. The van der Waals surface area contributed by atoms with Crippen LogP contribution >= 0.6 is 11.6 Å². The fraction of sp³-hybridized carbons (Fsp3) is 0.333. The Kier molecular flexibility index (Phi) is 3.66. The third-order valence-corrected chi connectivity index (χ3v) is 2.42. The van der Waals surface area contributed by atoms with Crippen LogP contribution in [-0.2, 0) is 10.0 Å². The van der Waals surface area contributed by atoms with E-state index in [1.807, 2.05) is 0 Å². The van der Waals surface area contributed by atoms with E-state index in [0.717, 1.165) is 0 Å². The van der Waals surface area contributed by atoms with E-state index < -0.39 is 10.0 Å². The molecule has 15 heavy (non-hydrogen) atoms. The van der Waals surface area contributed by atoms with Crippen molar-refractivity contribution in [2.24, 2.45) is 5.14 Å². The monoisotopic (exact) mass is 251 g/mol. The average Bonchev–Trinajstić information content (AvgIpc) is 2.09. The second-order valence-electron chi connectivity index (χ2n) is 2.74. The Morgan fingerprint density at radius 2 is 2.20 bits per heavy atom. The van der Waals surface area contributed by atoms with Crippen molar-refractivity contribution in [3.05, 3.63) is 11.5 Å². The molecule has 0 amide bonds. The van der Waals surface area contributed by atoms with Crippen LogP contribution in [0.2, 0.25) is 5.28 Å². The van der Waals surface area contributed by atoms with Gasteiger partial charge in [-0.2, -0.15) is 4.98 Å². The van der Waals surface area contributed by atoms with Crippen molar-refractivity contribution in [1.29, 1.82) is 0 Å². The van der Waals surface area contributed by atoms with Gasteiger partial charge in [0.2, 0.25) is 15.3 Å². The minimum absolute atomic E-state index is 0.0299. The molecular weight excluding hydrogens is 242 g/mol. The highest BCUT2D eigenvalue weighted by atomic mass is 35.5. The van der Waals surface area contributed by atoms with Crippen molar-refractivity contribution >= 4 is 33.1 Å². The average molecular weight is 252 g/mol. The van der Waals surface area contributed by atoms with Crippen molar-refractivity contribution in [2.45, 2.75) is 0 Å². The van der Waals surface area contributed by atoms with Crippen LogP contribution in [0.5, 0.6) is 0 Å². The van der Waals surface area contributed by atoms with Gasteiger partial charge < -0.3 is 11.1 Å². The highest BCUT2D eigenvalue weighted by Crippen LogP contribution is 2.15. The number of anilines is 2. The van der Waals surface area contributed by atoms with Crippen LogP contribution in [0, 0.1) is 0 Å². The molecule has 0 saturated heterocycles. The van der Waals surface area contributed by atoms with E-state index in [1.54, 1.807) is 0 Å². The third-order valence-electron chi connectivity index (χ3n) is 1.47. The number of nitrogens with zero attached hydrogens (tertiary/aromatic N) is 2. The zero-order valence-electron chi connectivity index (χ0n) is 7.64. The number of nitrogen functional groups attached to an aromatic ring is 1. The summed E-state index contributed by atoms with van der Waals surface area (Å²) in [5.74, 6) is 0.0762. The lowest BCUT2D eigenvalue weighted by Gasteiger charge is -2.06. The molecule has 1 aromatic heterocycles. The first kappa shape index (κ1) is 12.0. The molecule has 0 aliphatic heterocycles. The molecule has 0 aromatic carbocycles. The molecule has 84 valence electrons. The van der Waals surface area contributed by atoms with Gasteiger partial charge in [0.05, 0.1) is 17.6 Å². The fourth-order valence-electron chi connectivity index (χ4n) is 0.823. The number of hydrogen-bond donors (Lipinski definition) is 3. The van der Waals surface area contributed by atoms with E-state index in [-0.39, 0.29) is 23.3 Å². The summed E-state index contributed by atoms with van der Waals surface area (Å²) >= 11 is 5.52. The third kappa shape index (κ3) is 4.28. The minimum Gasteiger partial charge on any atom is -0.394 e. The van der Waals surface area contributed by atoms with Gasteiger partial charge in [-0.3, -0.25) is 0 Å². The number of rotatable bonds is 4. The highest BCUT2D eigenvalue weighted by Gasteiger charge is 2.05. The molecule has 0 spiro atoms. The van der Waals surface area contributed by atoms with Gasteiger partial charge in [-0.25, -0.2) is 18.5 Å². The van der Waals surface area contributed by atoms with Crippen molar-refractivity contribution in [3.8, 4) is 0 Å². The van der Waals surface area contributed by atoms with Crippen molar-refractivity contribution in [1.82, 2.24) is 9.97 Å². The molecular formula is C6H10ClN5O2S. The van der Waals surface area contributed by atoms with Crippen LogP contribution in [0.1, 0.15) is 0 Å². The normalized spacial score (nSPS) is 11.3. The Morgan fingerprint density at radius 3 is 2.80 bits per heavy atom. The largest absolute Gasteiger partial charge is 0.394 e. The number of aromatic nitrogens is 2. The van der Waals surface area contributed by atoms with Gasteiger partial charge in [-0.05, 0) is 11.6 Å². The van der Waals surface area contributed by atoms with E-state index >= 15 is 0 Å². The maximum Gasteiger partial charge on any atom is 0.224 e. The molecule has 0 fully saturated rings. The molecule has 7 nitrogen and oxygen atoms in total. The topological polar surface area (TPSA) is 124 Å². The van der Waals surface area contributed by atoms with Crippen LogP contribution in [0.4, 0.5) is 11.5 Å². The van der Waals surface area contributed by atoms with Gasteiger partial charge in [-0.1, -0.05) is 0 Å². The molecule has 1 rings (SSSR count). The lowest BCUT2D eigenvalue weighted by molar-refractivity contribution is 0.598. The Hall–Kier alpha value is -1.12. The summed E-state index contributed by atoms with van der Waals surface area (Å²) in [5.41, 5.74) is 5.80. The maximum atomic E-state index is 10.6. The quantitative estimate of drug-likeness (QED) is 0.615. The Labute approximate surface area is 91.9 Å². The number of primary sulfonamides is 1. The van der Waals surface area contributed by atoms with Gasteiger partial charge in [-0.15, -0.1) is 0 Å². The molecule has 0 radical (unpaired) electrons. The fourth-order valence-corrected chi connectivity index (χ4v) is 1.34. The molecule has 1 heterocycles. The Balaban J connectivity index is 2.61. The number of halogens is 1. The van der Waals surface area contributed by atoms with E-state index in [2.05, 4.69) is 15.3 Å².